The average molecular weight is 781 g/mol. The number of rotatable bonds is 13. The fourth-order valence-corrected chi connectivity index (χ4v) is 8.41. The fourth-order valence-electron chi connectivity index (χ4n) is 6.28. The highest BCUT2D eigenvalue weighted by Crippen LogP contribution is 2.40. The summed E-state index contributed by atoms with van der Waals surface area (Å²) in [7, 11) is -4.23. The second-order valence-corrected chi connectivity index (χ2v) is 20.0. The van der Waals surface area contributed by atoms with Crippen LogP contribution in [0.15, 0.2) is 72.8 Å². The molecule has 1 aliphatic rings. The Labute approximate surface area is 327 Å². The minimum atomic E-state index is -3.18. The van der Waals surface area contributed by atoms with E-state index in [-0.39, 0.29) is 6.04 Å². The Morgan fingerprint density at radius 2 is 1.36 bits per heavy atom. The van der Waals surface area contributed by atoms with Crippen molar-refractivity contribution in [2.75, 3.05) is 60.1 Å². The van der Waals surface area contributed by atoms with Crippen molar-refractivity contribution in [3.05, 3.63) is 112 Å². The number of hydrogen-bond donors (Lipinski definition) is 2. The van der Waals surface area contributed by atoms with Crippen LogP contribution in [-0.4, -0.2) is 85.9 Å². The van der Waals surface area contributed by atoms with Gasteiger partial charge in [0.05, 0.1) is 31.8 Å². The Kier molecular flexibility index (Phi) is 15.1. The van der Waals surface area contributed by atoms with Gasteiger partial charge in [-0.25, -0.2) is 9.97 Å². The summed E-state index contributed by atoms with van der Waals surface area (Å²) in [4.78, 5) is 14.5. The number of ether oxygens (including phenoxy) is 1. The van der Waals surface area contributed by atoms with Gasteiger partial charge in [-0.05, 0) is 107 Å². The first kappa shape index (κ1) is 42.1. The Balaban J connectivity index is 1.45. The number of nitrogens with zero attached hydrogens (tertiary/aromatic N) is 4. The lowest BCUT2D eigenvalue weighted by Crippen LogP contribution is -2.37. The number of nitrogens with one attached hydrogen (secondary N) is 1. The number of aromatic nitrogens is 2. The van der Waals surface area contributed by atoms with E-state index in [9.17, 15) is 9.13 Å². The van der Waals surface area contributed by atoms with Gasteiger partial charge in [-0.3, -0.25) is 14.4 Å². The lowest BCUT2D eigenvalue weighted by molar-refractivity contribution is 0.137. The third-order valence-electron chi connectivity index (χ3n) is 9.18. The zero-order valence-electron chi connectivity index (χ0n) is 33.0. The lowest BCUT2D eigenvalue weighted by Gasteiger charge is -2.27. The number of nitrogens with two attached hydrogens (primary N) is 1. The summed E-state index contributed by atoms with van der Waals surface area (Å²) in [6.07, 6.45) is 2.96. The van der Waals surface area contributed by atoms with Gasteiger partial charge in [0.15, 0.2) is 0 Å². The Morgan fingerprint density at radius 3 is 1.95 bits per heavy atom. The van der Waals surface area contributed by atoms with Gasteiger partial charge in [-0.1, -0.05) is 47.8 Å². The van der Waals surface area contributed by atoms with Crippen molar-refractivity contribution >= 4 is 25.4 Å². The Morgan fingerprint density at radius 1 is 0.800 bits per heavy atom. The predicted octanol–water partition coefficient (Wildman–Crippen LogP) is 5.73. The molecule has 0 bridgehead atoms. The normalized spacial score (nSPS) is 16.2. The van der Waals surface area contributed by atoms with Crippen molar-refractivity contribution in [3.8, 4) is 29.4 Å². The van der Waals surface area contributed by atoms with Crippen molar-refractivity contribution in [3.63, 3.8) is 0 Å². The summed E-state index contributed by atoms with van der Waals surface area (Å²) in [5.74, 6) is 13.8. The highest BCUT2D eigenvalue weighted by atomic mass is 31.2. The molecule has 5 rings (SSSR count). The smallest absolute Gasteiger partial charge is 0.247 e. The lowest BCUT2D eigenvalue weighted by atomic mass is 10.1. The van der Waals surface area contributed by atoms with Crippen LogP contribution in [-0.2, 0) is 26.7 Å². The van der Waals surface area contributed by atoms with Crippen LogP contribution in [0.25, 0.3) is 0 Å². The largest absolute Gasteiger partial charge is 0.497 e. The molecule has 2 atom stereocenters. The molecule has 0 radical (unpaired) electrons. The number of pyridine rings is 2. The van der Waals surface area contributed by atoms with Gasteiger partial charge in [-0.2, -0.15) is 0 Å². The molecule has 0 aliphatic carbocycles. The first-order valence-electron chi connectivity index (χ1n) is 18.8. The maximum absolute atomic E-state index is 13.7. The second-order valence-electron chi connectivity index (χ2n) is 14.4. The summed E-state index contributed by atoms with van der Waals surface area (Å²) >= 11 is 0. The van der Waals surface area contributed by atoms with Crippen LogP contribution in [0, 0.1) is 30.6 Å². The summed E-state index contributed by atoms with van der Waals surface area (Å²) in [6, 6.07) is 23.5. The van der Waals surface area contributed by atoms with Gasteiger partial charge in [0.25, 0.3) is 0 Å². The van der Waals surface area contributed by atoms with Gasteiger partial charge in [-0.15, -0.1) is 0 Å². The maximum atomic E-state index is 13.7. The molecule has 290 valence electrons. The van der Waals surface area contributed by atoms with E-state index in [1.807, 2.05) is 80.6 Å². The summed E-state index contributed by atoms with van der Waals surface area (Å²) in [5, 5.41) is 3.76. The van der Waals surface area contributed by atoms with Crippen LogP contribution < -0.4 is 26.7 Å². The molecule has 3 heterocycles. The molecule has 1 saturated heterocycles. The van der Waals surface area contributed by atoms with E-state index in [4.69, 9.17) is 25.0 Å². The predicted molar refractivity (Wildman–Crippen MR) is 224 cm³/mol. The third kappa shape index (κ3) is 13.0. The molecular formula is C43H54N6O4P2. The highest BCUT2D eigenvalue weighted by Gasteiger charge is 2.26. The van der Waals surface area contributed by atoms with Gasteiger partial charge < -0.3 is 24.9 Å². The molecule has 1 aliphatic heterocycles. The topological polar surface area (TPSA) is 123 Å². The van der Waals surface area contributed by atoms with Gasteiger partial charge in [0, 0.05) is 61.3 Å². The SMILES string of the molecule is CCOP(C)(=O)c1cc(C#Cc2ccc(C)cc2)cc(CN2C[C@H](CCCCN)NCN(Cc3cc(C#Cc4ccc(OC)cc4)cc(P(C)(C)=O)n3)C2)n1. The molecule has 0 spiro atoms. The number of hydrogen-bond acceptors (Lipinski definition) is 10. The fraction of sp³-hybridized carbons (Fsp3) is 0.395. The van der Waals surface area contributed by atoms with Crippen molar-refractivity contribution in [1.82, 2.24) is 25.1 Å². The van der Waals surface area contributed by atoms with Crippen LogP contribution >= 0.6 is 14.5 Å². The molecule has 1 unspecified atom stereocenters. The minimum Gasteiger partial charge on any atom is -0.497 e. The molecule has 1 fully saturated rings. The van der Waals surface area contributed by atoms with E-state index >= 15 is 0 Å². The number of methoxy groups -OCH3 is 1. The van der Waals surface area contributed by atoms with Crippen molar-refractivity contribution in [2.45, 2.75) is 52.2 Å². The van der Waals surface area contributed by atoms with Crippen LogP contribution in [0.5, 0.6) is 5.75 Å². The molecule has 3 N–H and O–H groups in total. The van der Waals surface area contributed by atoms with Crippen molar-refractivity contribution < 1.29 is 18.4 Å². The van der Waals surface area contributed by atoms with Gasteiger partial charge in [0.2, 0.25) is 7.37 Å². The molecule has 4 aromatic rings. The van der Waals surface area contributed by atoms with E-state index in [2.05, 4.69) is 38.8 Å². The summed E-state index contributed by atoms with van der Waals surface area (Å²) in [6.45, 7) is 13.0. The third-order valence-corrected chi connectivity index (χ3v) is 12.3. The molecule has 12 heteroatoms. The maximum Gasteiger partial charge on any atom is 0.247 e. The minimum absolute atomic E-state index is 0.220. The van der Waals surface area contributed by atoms with Gasteiger partial charge >= 0.3 is 0 Å². The first-order chi connectivity index (χ1) is 26.3. The molecule has 2 aromatic carbocycles. The Bertz CT molecular complexity index is 2130. The number of benzene rings is 2. The van der Waals surface area contributed by atoms with Gasteiger partial charge in [0.1, 0.15) is 23.8 Å². The first-order valence-corrected chi connectivity index (χ1v) is 23.4. The van der Waals surface area contributed by atoms with E-state index in [1.54, 1.807) is 33.2 Å². The van der Waals surface area contributed by atoms with E-state index in [1.165, 1.54) is 5.56 Å². The average Bonchev–Trinajstić information content (AvgIpc) is 3.34. The zero-order chi connectivity index (χ0) is 39.4. The highest BCUT2D eigenvalue weighted by molar-refractivity contribution is 7.69. The monoisotopic (exact) mass is 780 g/mol. The Hall–Kier alpha value is -4.08. The molecular weight excluding hydrogens is 726 g/mol. The second kappa shape index (κ2) is 19.7. The number of unbranched alkanes of at least 4 members (excludes halogenated alkanes) is 1. The van der Waals surface area contributed by atoms with E-state index in [0.29, 0.717) is 50.4 Å². The summed E-state index contributed by atoms with van der Waals surface area (Å²) < 4.78 is 38.0. The molecule has 55 heavy (non-hydrogen) atoms. The summed E-state index contributed by atoms with van der Waals surface area (Å²) in [5.41, 5.74) is 12.8. The quantitative estimate of drug-likeness (QED) is 0.0989. The van der Waals surface area contributed by atoms with Crippen LogP contribution in [0.2, 0.25) is 0 Å². The van der Waals surface area contributed by atoms with Crippen molar-refractivity contribution in [2.24, 2.45) is 5.73 Å². The van der Waals surface area contributed by atoms with Crippen LogP contribution in [0.4, 0.5) is 0 Å². The van der Waals surface area contributed by atoms with Crippen LogP contribution in [0.3, 0.4) is 0 Å². The molecule has 0 amide bonds. The zero-order valence-corrected chi connectivity index (χ0v) is 34.8. The standard InChI is InChI=1S/C43H54N6O4P2/c1-7-53-55(6,51)43-27-37(18-15-34-13-11-33(2)12-14-34)25-39(47-43)29-48-28-38(10-8-9-23-44)45-31-49(32-48)30-40-24-36(26-42(46-40)54(4,5)50)17-16-35-19-21-41(52-3)22-20-35/h11-14,19-22,24-27,38,45H,7-10,23,28-32,44H2,1-6H3/t38-,55?/m0/s1. The molecule has 0 saturated carbocycles. The molecule has 10 nitrogen and oxygen atoms in total. The van der Waals surface area contributed by atoms with Crippen molar-refractivity contribution in [1.29, 1.82) is 0 Å². The van der Waals surface area contributed by atoms with E-state index in [0.717, 1.165) is 65.2 Å². The van der Waals surface area contributed by atoms with Crippen LogP contribution in [0.1, 0.15) is 65.4 Å². The van der Waals surface area contributed by atoms with E-state index < -0.39 is 14.5 Å². The molecule has 2 aromatic heterocycles. The number of aryl methyl sites for hydroxylation is 1.